The molecule has 1 fully saturated rings. The van der Waals surface area contributed by atoms with Crippen molar-refractivity contribution in [2.45, 2.75) is 51.8 Å². The molecule has 0 radical (unpaired) electrons. The summed E-state index contributed by atoms with van der Waals surface area (Å²) in [5.74, 6) is 0. The third-order valence-electron chi connectivity index (χ3n) is 3.51. The lowest BCUT2D eigenvalue weighted by Gasteiger charge is -2.33. The van der Waals surface area contributed by atoms with Gasteiger partial charge >= 0.3 is 6.09 Å². The van der Waals surface area contributed by atoms with Crippen LogP contribution < -0.4 is 5.32 Å². The minimum absolute atomic E-state index is 0.143. The molecule has 1 saturated heterocycles. The lowest BCUT2D eigenvalue weighted by Crippen LogP contribution is -2.46. The summed E-state index contributed by atoms with van der Waals surface area (Å²) in [6.07, 6.45) is 3.11. The fraction of sp³-hybridized carbons (Fsp3) is 0.667. The van der Waals surface area contributed by atoms with Crippen LogP contribution in [-0.4, -0.2) is 45.7 Å². The van der Waals surface area contributed by atoms with Crippen LogP contribution in [0.2, 0.25) is 10.4 Å². The number of aromatic nitrogens is 2. The molecule has 6 nitrogen and oxygen atoms in total. The topological polar surface area (TPSA) is 67.3 Å². The number of likely N-dealkylation sites (tertiary alicyclic amines) is 1. The van der Waals surface area contributed by atoms with Crippen LogP contribution in [0.4, 0.5) is 4.79 Å². The summed E-state index contributed by atoms with van der Waals surface area (Å²) in [5, 5.41) is 3.93. The predicted octanol–water partition coefficient (Wildman–Crippen LogP) is 3.27. The quantitative estimate of drug-likeness (QED) is 0.661. The van der Waals surface area contributed by atoms with Crippen LogP contribution in [0.5, 0.6) is 0 Å². The van der Waals surface area contributed by atoms with Gasteiger partial charge in [0.2, 0.25) is 5.28 Å². The van der Waals surface area contributed by atoms with Crippen LogP contribution >= 0.6 is 23.2 Å². The average molecular weight is 361 g/mol. The molecule has 0 saturated carbocycles. The Morgan fingerprint density at radius 3 is 2.61 bits per heavy atom. The Bertz CT molecular complexity index is 555. The lowest BCUT2D eigenvalue weighted by atomic mass is 10.1. The van der Waals surface area contributed by atoms with Crippen molar-refractivity contribution >= 4 is 29.3 Å². The Morgan fingerprint density at radius 2 is 2.04 bits per heavy atom. The molecule has 1 N–H and O–H groups in total. The molecule has 1 aromatic rings. The van der Waals surface area contributed by atoms with Gasteiger partial charge in [-0.25, -0.2) is 14.8 Å². The van der Waals surface area contributed by atoms with E-state index in [9.17, 15) is 4.79 Å². The number of carbonyl (C=O) groups excluding carboxylic acids is 1. The first kappa shape index (κ1) is 18.2. The smallest absolute Gasteiger partial charge is 0.410 e. The van der Waals surface area contributed by atoms with Gasteiger partial charge in [0.05, 0.1) is 0 Å². The molecule has 0 aromatic carbocycles. The van der Waals surface area contributed by atoms with E-state index in [0.29, 0.717) is 30.8 Å². The second-order valence-electron chi connectivity index (χ2n) is 6.58. The van der Waals surface area contributed by atoms with E-state index in [4.69, 9.17) is 27.9 Å². The molecule has 0 aliphatic carbocycles. The predicted molar refractivity (Wildman–Crippen MR) is 89.7 cm³/mol. The molecule has 1 aliphatic rings. The molecule has 0 bridgehead atoms. The number of hydrogen-bond acceptors (Lipinski definition) is 5. The standard InChI is InChI=1S/C15H22Cl2N4O2/c1-15(2,3)23-14(22)21-6-4-11(5-7-21)18-8-10-9-19-13(17)20-12(10)16/h9,11,18H,4-8H2,1-3H3. The van der Waals surface area contributed by atoms with Gasteiger partial charge in [0.1, 0.15) is 10.8 Å². The van der Waals surface area contributed by atoms with Crippen molar-refractivity contribution in [2.75, 3.05) is 13.1 Å². The second-order valence-corrected chi connectivity index (χ2v) is 7.27. The van der Waals surface area contributed by atoms with E-state index in [2.05, 4.69) is 15.3 Å². The second kappa shape index (κ2) is 7.64. The van der Waals surface area contributed by atoms with E-state index < -0.39 is 5.60 Å². The van der Waals surface area contributed by atoms with Gasteiger partial charge in [0.25, 0.3) is 0 Å². The summed E-state index contributed by atoms with van der Waals surface area (Å²) >= 11 is 11.7. The molecule has 0 atom stereocenters. The zero-order valence-corrected chi connectivity index (χ0v) is 15.1. The van der Waals surface area contributed by atoms with Crippen LogP contribution in [0.3, 0.4) is 0 Å². The summed E-state index contributed by atoms with van der Waals surface area (Å²) in [6, 6.07) is 0.320. The monoisotopic (exact) mass is 360 g/mol. The molecule has 128 valence electrons. The third kappa shape index (κ3) is 5.79. The molecule has 1 aromatic heterocycles. The van der Waals surface area contributed by atoms with Gasteiger partial charge in [0.15, 0.2) is 0 Å². The minimum Gasteiger partial charge on any atom is -0.444 e. The van der Waals surface area contributed by atoms with E-state index in [1.165, 1.54) is 0 Å². The normalized spacial score (nSPS) is 16.5. The minimum atomic E-state index is -0.461. The Labute approximate surface area is 146 Å². The van der Waals surface area contributed by atoms with E-state index in [-0.39, 0.29) is 11.4 Å². The van der Waals surface area contributed by atoms with Crippen LogP contribution in [0, 0.1) is 0 Å². The molecule has 23 heavy (non-hydrogen) atoms. The molecular weight excluding hydrogens is 339 g/mol. The van der Waals surface area contributed by atoms with Crippen molar-refractivity contribution < 1.29 is 9.53 Å². The molecule has 2 heterocycles. The zero-order chi connectivity index (χ0) is 17.0. The number of halogens is 2. The third-order valence-corrected chi connectivity index (χ3v) is 4.02. The van der Waals surface area contributed by atoms with Crippen LogP contribution in [0.25, 0.3) is 0 Å². The number of rotatable bonds is 3. The first-order valence-electron chi connectivity index (χ1n) is 7.63. The van der Waals surface area contributed by atoms with Crippen LogP contribution in [0.1, 0.15) is 39.2 Å². The van der Waals surface area contributed by atoms with Crippen molar-refractivity contribution in [1.82, 2.24) is 20.2 Å². The van der Waals surface area contributed by atoms with Gasteiger partial charge in [-0.05, 0) is 45.2 Å². The SMILES string of the molecule is CC(C)(C)OC(=O)N1CCC(NCc2cnc(Cl)nc2Cl)CC1. The van der Waals surface area contributed by atoms with Crippen molar-refractivity contribution in [3.63, 3.8) is 0 Å². The van der Waals surface area contributed by atoms with Crippen molar-refractivity contribution in [2.24, 2.45) is 0 Å². The Morgan fingerprint density at radius 1 is 1.39 bits per heavy atom. The number of ether oxygens (including phenoxy) is 1. The van der Waals surface area contributed by atoms with Crippen LogP contribution in [0.15, 0.2) is 6.20 Å². The first-order chi connectivity index (χ1) is 10.7. The van der Waals surface area contributed by atoms with Gasteiger partial charge in [-0.2, -0.15) is 0 Å². The molecule has 2 rings (SSSR count). The van der Waals surface area contributed by atoms with Gasteiger partial charge in [-0.1, -0.05) is 11.6 Å². The van der Waals surface area contributed by atoms with E-state index in [1.807, 2.05) is 20.8 Å². The summed E-state index contributed by atoms with van der Waals surface area (Å²) in [7, 11) is 0. The summed E-state index contributed by atoms with van der Waals surface area (Å²) in [6.45, 7) is 7.55. The summed E-state index contributed by atoms with van der Waals surface area (Å²) in [5.41, 5.74) is 0.350. The maximum absolute atomic E-state index is 12.0. The van der Waals surface area contributed by atoms with Gasteiger partial charge < -0.3 is 15.0 Å². The summed E-state index contributed by atoms with van der Waals surface area (Å²) < 4.78 is 5.39. The highest BCUT2D eigenvalue weighted by molar-refractivity contribution is 6.32. The van der Waals surface area contributed by atoms with Crippen molar-refractivity contribution in [3.05, 3.63) is 22.2 Å². The zero-order valence-electron chi connectivity index (χ0n) is 13.6. The van der Waals surface area contributed by atoms with E-state index in [0.717, 1.165) is 18.4 Å². The van der Waals surface area contributed by atoms with E-state index >= 15 is 0 Å². The first-order valence-corrected chi connectivity index (χ1v) is 8.38. The van der Waals surface area contributed by atoms with Gasteiger partial charge in [-0.3, -0.25) is 0 Å². The Kier molecular flexibility index (Phi) is 6.06. The molecule has 0 spiro atoms. The van der Waals surface area contributed by atoms with Gasteiger partial charge in [-0.15, -0.1) is 0 Å². The number of hydrogen-bond donors (Lipinski definition) is 1. The number of nitrogens with one attached hydrogen (secondary N) is 1. The Balaban J connectivity index is 1.77. The number of nitrogens with zero attached hydrogens (tertiary/aromatic N) is 3. The number of piperidine rings is 1. The highest BCUT2D eigenvalue weighted by Crippen LogP contribution is 2.17. The highest BCUT2D eigenvalue weighted by atomic mass is 35.5. The molecular formula is C15H22Cl2N4O2. The lowest BCUT2D eigenvalue weighted by molar-refractivity contribution is 0.0198. The van der Waals surface area contributed by atoms with E-state index in [1.54, 1.807) is 11.1 Å². The maximum atomic E-state index is 12.0. The van der Waals surface area contributed by atoms with Crippen molar-refractivity contribution in [1.29, 1.82) is 0 Å². The molecule has 0 unspecified atom stereocenters. The fourth-order valence-electron chi connectivity index (χ4n) is 2.33. The van der Waals surface area contributed by atoms with Crippen molar-refractivity contribution in [3.8, 4) is 0 Å². The van der Waals surface area contributed by atoms with Gasteiger partial charge in [0, 0.05) is 37.4 Å². The fourth-order valence-corrected chi connectivity index (χ4v) is 2.70. The van der Waals surface area contributed by atoms with Crippen LogP contribution in [-0.2, 0) is 11.3 Å². The summed E-state index contributed by atoms with van der Waals surface area (Å²) in [4.78, 5) is 21.6. The molecule has 1 amide bonds. The maximum Gasteiger partial charge on any atom is 0.410 e. The molecule has 8 heteroatoms. The Hall–Kier alpha value is -1.11. The molecule has 1 aliphatic heterocycles. The largest absolute Gasteiger partial charge is 0.444 e. The highest BCUT2D eigenvalue weighted by Gasteiger charge is 2.26. The number of carbonyl (C=O) groups is 1. The average Bonchev–Trinajstić information content (AvgIpc) is 2.45. The number of amides is 1.